The number of thioether (sulfide) groups is 2. The molecule has 4 aliphatic heterocycles. The van der Waals surface area contributed by atoms with E-state index in [4.69, 9.17) is 0 Å². The molecule has 4 fully saturated rings. The lowest BCUT2D eigenvalue weighted by Crippen LogP contribution is -2.69. The number of hydrogen-bond donors (Lipinski definition) is 0. The van der Waals surface area contributed by atoms with Crippen LogP contribution in [0.5, 0.6) is 0 Å². The molecule has 0 bridgehead atoms. The molecule has 4 rings (SSSR count). The van der Waals surface area contributed by atoms with Crippen LogP contribution in [-0.4, -0.2) is 67.9 Å². The van der Waals surface area contributed by atoms with Gasteiger partial charge in [0.05, 0.1) is 46.6 Å². The van der Waals surface area contributed by atoms with E-state index in [2.05, 4.69) is 6.58 Å². The molecule has 1 unspecified atom stereocenters. The predicted octanol–water partition coefficient (Wildman–Crippen LogP) is -1.50. The lowest BCUT2D eigenvalue weighted by Gasteiger charge is -2.54. The number of carbonyl (C=O) groups is 4. The number of rotatable bonds is 2. The SMILES string of the molecule is C=C1CS[C@@H]2[C@H](C)C(=O)N2[C@H]1C(=O)[O-].CC1CS[C@@H]2[C@H](C)C(=O)N2[C@H]1C(=O)[O-]. The van der Waals surface area contributed by atoms with Crippen LogP contribution in [0.3, 0.4) is 0 Å². The molecule has 10 heteroatoms. The third-order valence-corrected chi connectivity index (χ3v) is 8.84. The first kappa shape index (κ1) is 21.0. The molecule has 0 aromatic heterocycles. The molecule has 0 radical (unpaired) electrons. The summed E-state index contributed by atoms with van der Waals surface area (Å²) in [6.07, 6.45) is 0. The van der Waals surface area contributed by atoms with Crippen LogP contribution in [0.25, 0.3) is 0 Å². The third kappa shape index (κ3) is 3.20. The number of nitrogens with zero attached hydrogens (tertiary/aromatic N) is 2. The van der Waals surface area contributed by atoms with Gasteiger partial charge in [-0.25, -0.2) is 0 Å². The normalized spacial score (nSPS) is 39.0. The van der Waals surface area contributed by atoms with Gasteiger partial charge in [0, 0.05) is 11.5 Å². The fraction of sp³-hybridized carbons (Fsp3) is 0.667. The number of carboxylic acids is 2. The van der Waals surface area contributed by atoms with Gasteiger partial charge in [-0.3, -0.25) is 9.59 Å². The number of β-lactam (4-membered cyclic amide) rings is 2. The van der Waals surface area contributed by atoms with Gasteiger partial charge < -0.3 is 29.6 Å². The largest absolute Gasteiger partial charge is 0.548 e. The van der Waals surface area contributed by atoms with E-state index in [0.29, 0.717) is 11.3 Å². The minimum Gasteiger partial charge on any atom is -0.548 e. The Morgan fingerprint density at radius 2 is 1.50 bits per heavy atom. The van der Waals surface area contributed by atoms with Crippen LogP contribution in [0.15, 0.2) is 12.2 Å². The average molecular weight is 427 g/mol. The van der Waals surface area contributed by atoms with Crippen LogP contribution >= 0.6 is 23.5 Å². The number of carboxylic acid groups (broad SMARTS) is 2. The smallest absolute Gasteiger partial charge is 0.230 e. The number of fused-ring (bicyclic) bond motifs is 2. The summed E-state index contributed by atoms with van der Waals surface area (Å²) in [4.78, 5) is 47.5. The third-order valence-electron chi connectivity index (χ3n) is 5.63. The number of amides is 2. The fourth-order valence-corrected chi connectivity index (χ4v) is 6.83. The molecule has 0 N–H and O–H groups in total. The Balaban J connectivity index is 0.000000161. The lowest BCUT2D eigenvalue weighted by atomic mass is 9.92. The van der Waals surface area contributed by atoms with E-state index in [-0.39, 0.29) is 40.3 Å². The van der Waals surface area contributed by atoms with Gasteiger partial charge in [-0.05, 0) is 11.5 Å². The highest BCUT2D eigenvalue weighted by molar-refractivity contribution is 8.00. The summed E-state index contributed by atoms with van der Waals surface area (Å²) in [5.74, 6) is -1.25. The zero-order chi connectivity index (χ0) is 20.9. The van der Waals surface area contributed by atoms with E-state index in [9.17, 15) is 29.4 Å². The summed E-state index contributed by atoms with van der Waals surface area (Å²) in [7, 11) is 0. The van der Waals surface area contributed by atoms with Crippen LogP contribution in [0.4, 0.5) is 0 Å². The van der Waals surface area contributed by atoms with Crippen molar-refractivity contribution in [3.05, 3.63) is 12.2 Å². The standard InChI is InChI=1S/C9H13NO3S.C9H11NO3S/c2*1-4-3-14-8-5(2)7(11)10(8)6(4)9(12)13/h4-6,8H,3H2,1-2H3,(H,12,13);5-6,8H,1,3H2,2H3,(H,12,13)/p-2/t4?,5-,6-,8-;5-,6-,8-/m11/s1. The second kappa shape index (κ2) is 7.62. The van der Waals surface area contributed by atoms with Gasteiger partial charge in [0.1, 0.15) is 0 Å². The van der Waals surface area contributed by atoms with Crippen molar-refractivity contribution in [2.45, 2.75) is 43.6 Å². The van der Waals surface area contributed by atoms with Gasteiger partial charge in [-0.15, -0.1) is 23.5 Å². The van der Waals surface area contributed by atoms with Crippen molar-refractivity contribution in [3.63, 3.8) is 0 Å². The van der Waals surface area contributed by atoms with Gasteiger partial charge in [0.15, 0.2) is 0 Å². The topological polar surface area (TPSA) is 121 Å². The monoisotopic (exact) mass is 426 g/mol. The summed E-state index contributed by atoms with van der Waals surface area (Å²) >= 11 is 3.24. The first-order valence-corrected chi connectivity index (χ1v) is 11.1. The molecule has 0 saturated carbocycles. The molecule has 4 heterocycles. The molecule has 0 aliphatic carbocycles. The van der Waals surface area contributed by atoms with Gasteiger partial charge in [0.2, 0.25) is 11.8 Å². The maximum atomic E-state index is 11.5. The zero-order valence-electron chi connectivity index (χ0n) is 15.8. The zero-order valence-corrected chi connectivity index (χ0v) is 17.5. The summed E-state index contributed by atoms with van der Waals surface area (Å²) < 4.78 is 0. The molecule has 0 spiro atoms. The van der Waals surface area contributed by atoms with Crippen LogP contribution in [0, 0.1) is 17.8 Å². The Kier molecular flexibility index (Phi) is 5.73. The molecular formula is C18H22N2O6S2-2. The Bertz CT molecular complexity index is 744. The Hall–Kier alpha value is -1.68. The number of hydrogen-bond acceptors (Lipinski definition) is 8. The van der Waals surface area contributed by atoms with Crippen molar-refractivity contribution in [2.75, 3.05) is 11.5 Å². The Labute approximate surface area is 171 Å². The van der Waals surface area contributed by atoms with Gasteiger partial charge in [-0.1, -0.05) is 27.4 Å². The second-order valence-corrected chi connectivity index (χ2v) is 9.87. The Morgan fingerprint density at radius 1 is 0.964 bits per heavy atom. The maximum absolute atomic E-state index is 11.5. The fourth-order valence-electron chi connectivity index (χ4n) is 4.01. The molecule has 7 atom stereocenters. The second-order valence-electron chi connectivity index (χ2n) is 7.61. The van der Waals surface area contributed by atoms with Crippen molar-refractivity contribution in [1.82, 2.24) is 9.80 Å². The van der Waals surface area contributed by atoms with Crippen LogP contribution in [0.2, 0.25) is 0 Å². The van der Waals surface area contributed by atoms with Gasteiger partial charge in [-0.2, -0.15) is 0 Å². The quantitative estimate of drug-likeness (QED) is 0.387. The number of carbonyl (C=O) groups excluding carboxylic acids is 4. The summed E-state index contributed by atoms with van der Waals surface area (Å²) in [5, 5.41) is 21.8. The van der Waals surface area contributed by atoms with Crippen molar-refractivity contribution in [1.29, 1.82) is 0 Å². The van der Waals surface area contributed by atoms with E-state index in [1.165, 1.54) is 9.80 Å². The summed E-state index contributed by atoms with van der Waals surface area (Å²) in [6, 6.07) is -1.63. The molecular weight excluding hydrogens is 404 g/mol. The highest BCUT2D eigenvalue weighted by atomic mass is 32.2. The highest BCUT2D eigenvalue weighted by Crippen LogP contribution is 2.44. The highest BCUT2D eigenvalue weighted by Gasteiger charge is 2.52. The van der Waals surface area contributed by atoms with E-state index in [1.54, 1.807) is 23.5 Å². The van der Waals surface area contributed by atoms with Gasteiger partial charge in [0.25, 0.3) is 0 Å². The van der Waals surface area contributed by atoms with E-state index >= 15 is 0 Å². The van der Waals surface area contributed by atoms with Crippen molar-refractivity contribution < 1.29 is 29.4 Å². The van der Waals surface area contributed by atoms with Crippen molar-refractivity contribution in [2.24, 2.45) is 17.8 Å². The van der Waals surface area contributed by atoms with Crippen molar-refractivity contribution >= 4 is 47.3 Å². The first-order valence-electron chi connectivity index (χ1n) is 9.04. The van der Waals surface area contributed by atoms with E-state index in [1.807, 2.05) is 20.8 Å². The molecule has 0 aromatic carbocycles. The molecule has 4 aliphatic rings. The maximum Gasteiger partial charge on any atom is 0.230 e. The first-order chi connectivity index (χ1) is 13.1. The van der Waals surface area contributed by atoms with Crippen LogP contribution < -0.4 is 10.2 Å². The lowest BCUT2D eigenvalue weighted by molar-refractivity contribution is -0.314. The van der Waals surface area contributed by atoms with Crippen molar-refractivity contribution in [3.8, 4) is 0 Å². The molecule has 8 nitrogen and oxygen atoms in total. The molecule has 4 saturated heterocycles. The van der Waals surface area contributed by atoms with E-state index in [0.717, 1.165) is 5.75 Å². The minimum atomic E-state index is -1.22. The van der Waals surface area contributed by atoms with E-state index < -0.39 is 24.0 Å². The van der Waals surface area contributed by atoms with Crippen LogP contribution in [0.1, 0.15) is 20.8 Å². The molecule has 2 amide bonds. The summed E-state index contributed by atoms with van der Waals surface area (Å²) in [5.41, 5.74) is 0.548. The molecule has 0 aromatic rings. The van der Waals surface area contributed by atoms with Gasteiger partial charge >= 0.3 is 0 Å². The Morgan fingerprint density at radius 3 is 2.04 bits per heavy atom. The van der Waals surface area contributed by atoms with Crippen LogP contribution in [-0.2, 0) is 19.2 Å². The predicted molar refractivity (Wildman–Crippen MR) is 100 cm³/mol. The summed E-state index contributed by atoms with van der Waals surface area (Å²) in [6.45, 7) is 9.17. The minimum absolute atomic E-state index is 0.00380. The number of aliphatic carboxylic acids is 2. The molecule has 154 valence electrons. The molecule has 28 heavy (non-hydrogen) atoms. The average Bonchev–Trinajstić information content (AvgIpc) is 2.66.